The molecule has 1 fully saturated rings. The number of carbonyl (C=O) groups excluding carboxylic acids is 1. The smallest absolute Gasteiger partial charge is 0.220 e. The number of rotatable bonds is 4. The summed E-state index contributed by atoms with van der Waals surface area (Å²) in [5.41, 5.74) is 2.41. The van der Waals surface area contributed by atoms with Gasteiger partial charge in [0.05, 0.1) is 0 Å². The molecule has 1 saturated carbocycles. The van der Waals surface area contributed by atoms with Gasteiger partial charge in [0.2, 0.25) is 5.91 Å². The normalized spacial score (nSPS) is 17.4. The first-order chi connectivity index (χ1) is 9.66. The third kappa shape index (κ3) is 2.72. The molecule has 2 aromatic rings. The maximum absolute atomic E-state index is 12.1. The molecule has 1 aromatic heterocycles. The van der Waals surface area contributed by atoms with E-state index in [1.165, 1.54) is 23.8 Å². The minimum atomic E-state index is 0.0390. The van der Waals surface area contributed by atoms with E-state index in [4.69, 9.17) is 0 Å². The summed E-state index contributed by atoms with van der Waals surface area (Å²) in [4.78, 5) is 15.4. The molecule has 3 rings (SSSR count). The molecule has 1 aliphatic carbocycles. The lowest BCUT2D eigenvalue weighted by atomic mass is 10.00. The molecule has 2 N–H and O–H groups in total. The molecule has 1 amide bonds. The third-order valence-corrected chi connectivity index (χ3v) is 4.44. The van der Waals surface area contributed by atoms with Crippen LogP contribution in [-0.2, 0) is 11.2 Å². The van der Waals surface area contributed by atoms with Crippen LogP contribution in [0.3, 0.4) is 0 Å². The largest absolute Gasteiger partial charge is 0.361 e. The first-order valence-corrected chi connectivity index (χ1v) is 7.52. The molecule has 20 heavy (non-hydrogen) atoms. The van der Waals surface area contributed by atoms with Crippen LogP contribution in [0.2, 0.25) is 0 Å². The van der Waals surface area contributed by atoms with E-state index < -0.39 is 0 Å². The van der Waals surface area contributed by atoms with Gasteiger partial charge in [-0.15, -0.1) is 0 Å². The van der Waals surface area contributed by atoms with Crippen molar-refractivity contribution in [1.29, 1.82) is 0 Å². The van der Waals surface area contributed by atoms with Gasteiger partial charge < -0.3 is 10.3 Å². The van der Waals surface area contributed by atoms with E-state index in [1.807, 2.05) is 18.3 Å². The fourth-order valence-electron chi connectivity index (χ4n) is 3.27. The topological polar surface area (TPSA) is 44.9 Å². The van der Waals surface area contributed by atoms with Gasteiger partial charge in [-0.05, 0) is 37.8 Å². The molecular formula is C17H22N2O. The summed E-state index contributed by atoms with van der Waals surface area (Å²) in [6.45, 7) is 2.17. The molecule has 106 valence electrons. The van der Waals surface area contributed by atoms with Crippen molar-refractivity contribution in [3.63, 3.8) is 0 Å². The number of para-hydroxylation sites is 1. The van der Waals surface area contributed by atoms with E-state index in [-0.39, 0.29) is 11.4 Å². The van der Waals surface area contributed by atoms with E-state index in [1.54, 1.807) is 0 Å². The van der Waals surface area contributed by atoms with Crippen LogP contribution in [-0.4, -0.2) is 16.4 Å². The molecular weight excluding hydrogens is 248 g/mol. The number of nitrogens with one attached hydrogen (secondary N) is 2. The molecule has 3 heteroatoms. The molecule has 0 aliphatic heterocycles. The molecule has 1 aliphatic rings. The van der Waals surface area contributed by atoms with Gasteiger partial charge in [-0.3, -0.25) is 4.79 Å². The number of benzene rings is 1. The number of H-pyrrole nitrogens is 1. The minimum Gasteiger partial charge on any atom is -0.361 e. The molecule has 0 unspecified atom stereocenters. The summed E-state index contributed by atoms with van der Waals surface area (Å²) in [5, 5.41) is 4.45. The maximum atomic E-state index is 12.1. The number of fused-ring (bicyclic) bond motifs is 1. The van der Waals surface area contributed by atoms with Crippen molar-refractivity contribution < 1.29 is 4.79 Å². The van der Waals surface area contributed by atoms with Crippen molar-refractivity contribution in [2.45, 2.75) is 51.0 Å². The van der Waals surface area contributed by atoms with Gasteiger partial charge in [0, 0.05) is 29.1 Å². The van der Waals surface area contributed by atoms with Gasteiger partial charge in [-0.25, -0.2) is 0 Å². The Morgan fingerprint density at radius 3 is 2.85 bits per heavy atom. The average Bonchev–Trinajstić information content (AvgIpc) is 3.03. The molecule has 1 heterocycles. The molecule has 1 aromatic carbocycles. The zero-order chi connectivity index (χ0) is 14.0. The zero-order valence-electron chi connectivity index (χ0n) is 12.0. The Morgan fingerprint density at radius 2 is 2.05 bits per heavy atom. The van der Waals surface area contributed by atoms with Crippen LogP contribution in [0.15, 0.2) is 30.5 Å². The number of aromatic amines is 1. The number of aromatic nitrogens is 1. The van der Waals surface area contributed by atoms with Crippen molar-refractivity contribution >= 4 is 16.8 Å². The number of carbonyl (C=O) groups is 1. The first-order valence-electron chi connectivity index (χ1n) is 7.52. The van der Waals surface area contributed by atoms with Crippen LogP contribution in [0.1, 0.15) is 44.6 Å². The highest BCUT2D eigenvalue weighted by Gasteiger charge is 2.29. The zero-order valence-corrected chi connectivity index (χ0v) is 12.0. The Kier molecular flexibility index (Phi) is 3.51. The van der Waals surface area contributed by atoms with E-state index >= 15 is 0 Å². The maximum Gasteiger partial charge on any atom is 0.220 e. The minimum absolute atomic E-state index is 0.0390. The predicted molar refractivity (Wildman–Crippen MR) is 81.6 cm³/mol. The Labute approximate surface area is 119 Å². The van der Waals surface area contributed by atoms with Crippen molar-refractivity contribution in [1.82, 2.24) is 10.3 Å². The van der Waals surface area contributed by atoms with Gasteiger partial charge in [-0.1, -0.05) is 31.0 Å². The Bertz CT molecular complexity index is 608. The highest BCUT2D eigenvalue weighted by Crippen LogP contribution is 2.29. The summed E-state index contributed by atoms with van der Waals surface area (Å²) in [6.07, 6.45) is 8.09. The lowest BCUT2D eigenvalue weighted by molar-refractivity contribution is -0.122. The predicted octanol–water partition coefficient (Wildman–Crippen LogP) is 3.55. The van der Waals surface area contributed by atoms with Crippen LogP contribution < -0.4 is 5.32 Å². The van der Waals surface area contributed by atoms with E-state index in [0.717, 1.165) is 24.8 Å². The Hall–Kier alpha value is -1.77. The second-order valence-corrected chi connectivity index (χ2v) is 6.18. The quantitative estimate of drug-likeness (QED) is 0.876. The number of aryl methyl sites for hydroxylation is 1. The second kappa shape index (κ2) is 5.31. The van der Waals surface area contributed by atoms with Gasteiger partial charge in [0.25, 0.3) is 0 Å². The molecule has 3 nitrogen and oxygen atoms in total. The van der Waals surface area contributed by atoms with Crippen LogP contribution in [0.25, 0.3) is 10.9 Å². The molecule has 0 bridgehead atoms. The molecule has 0 radical (unpaired) electrons. The Morgan fingerprint density at radius 1 is 1.30 bits per heavy atom. The highest BCUT2D eigenvalue weighted by molar-refractivity contribution is 5.84. The molecule has 0 atom stereocenters. The van der Waals surface area contributed by atoms with Crippen LogP contribution in [0, 0.1) is 0 Å². The van der Waals surface area contributed by atoms with Crippen molar-refractivity contribution in [3.8, 4) is 0 Å². The standard InChI is InChI=1S/C17H22N2O/c1-17(10-4-5-11-17)19-16(20)9-8-13-12-18-15-7-3-2-6-14(13)15/h2-3,6-7,12,18H,4-5,8-11H2,1H3,(H,19,20). The fraction of sp³-hybridized carbons (Fsp3) is 0.471. The number of hydrogen-bond acceptors (Lipinski definition) is 1. The summed E-state index contributed by atoms with van der Waals surface area (Å²) in [6, 6.07) is 8.24. The van der Waals surface area contributed by atoms with Crippen LogP contribution in [0.5, 0.6) is 0 Å². The van der Waals surface area contributed by atoms with Crippen LogP contribution >= 0.6 is 0 Å². The van der Waals surface area contributed by atoms with Crippen molar-refractivity contribution in [2.24, 2.45) is 0 Å². The van der Waals surface area contributed by atoms with Gasteiger partial charge in [-0.2, -0.15) is 0 Å². The van der Waals surface area contributed by atoms with Crippen LogP contribution in [0.4, 0.5) is 0 Å². The van der Waals surface area contributed by atoms with Crippen molar-refractivity contribution in [2.75, 3.05) is 0 Å². The van der Waals surface area contributed by atoms with Gasteiger partial charge >= 0.3 is 0 Å². The summed E-state index contributed by atoms with van der Waals surface area (Å²) in [7, 11) is 0. The number of hydrogen-bond donors (Lipinski definition) is 2. The SMILES string of the molecule is CC1(NC(=O)CCc2c[nH]c3ccccc23)CCCC1. The summed E-state index contributed by atoms with van der Waals surface area (Å²) >= 11 is 0. The lowest BCUT2D eigenvalue weighted by Gasteiger charge is -2.25. The fourth-order valence-corrected chi connectivity index (χ4v) is 3.27. The van der Waals surface area contributed by atoms with E-state index in [0.29, 0.717) is 6.42 Å². The summed E-state index contributed by atoms with van der Waals surface area (Å²) < 4.78 is 0. The average molecular weight is 270 g/mol. The first kappa shape index (κ1) is 13.2. The van der Waals surface area contributed by atoms with E-state index in [2.05, 4.69) is 29.4 Å². The summed E-state index contributed by atoms with van der Waals surface area (Å²) in [5.74, 6) is 0.180. The monoisotopic (exact) mass is 270 g/mol. The molecule has 0 spiro atoms. The van der Waals surface area contributed by atoms with Gasteiger partial charge in [0.15, 0.2) is 0 Å². The lowest BCUT2D eigenvalue weighted by Crippen LogP contribution is -2.43. The highest BCUT2D eigenvalue weighted by atomic mass is 16.1. The van der Waals surface area contributed by atoms with E-state index in [9.17, 15) is 4.79 Å². The Balaban J connectivity index is 1.60. The molecule has 0 saturated heterocycles. The van der Waals surface area contributed by atoms with Gasteiger partial charge in [0.1, 0.15) is 0 Å². The second-order valence-electron chi connectivity index (χ2n) is 6.18. The van der Waals surface area contributed by atoms with Crippen molar-refractivity contribution in [3.05, 3.63) is 36.0 Å². The number of amides is 1. The third-order valence-electron chi connectivity index (χ3n) is 4.44.